The van der Waals surface area contributed by atoms with Gasteiger partial charge in [-0.25, -0.2) is 18.6 Å². The maximum atomic E-state index is 13.6. The number of aromatic nitrogens is 5. The summed E-state index contributed by atoms with van der Waals surface area (Å²) in [4.78, 5) is 28.5. The number of amides is 1. The average molecular weight is 409 g/mol. The first kappa shape index (κ1) is 19.6. The molecule has 0 saturated heterocycles. The predicted octanol–water partition coefficient (Wildman–Crippen LogP) is 1.94. The third-order valence-electron chi connectivity index (χ3n) is 3.97. The third-order valence-corrected chi connectivity index (χ3v) is 4.28. The summed E-state index contributed by atoms with van der Waals surface area (Å²) in [6.45, 7) is 2.82. The number of hydrogen-bond donors (Lipinski definition) is 1. The SMILES string of the molecule is Cc1cc(F)cnc1-n1nnn(CC(=O)N[C@@H](C)c2ccc(Cl)c(F)c2)c1=O. The van der Waals surface area contributed by atoms with Gasteiger partial charge in [-0.05, 0) is 53.6 Å². The Labute approximate surface area is 162 Å². The van der Waals surface area contributed by atoms with E-state index in [1.54, 1.807) is 19.9 Å². The minimum Gasteiger partial charge on any atom is -0.348 e. The van der Waals surface area contributed by atoms with E-state index in [1.165, 1.54) is 18.2 Å². The quantitative estimate of drug-likeness (QED) is 0.696. The van der Waals surface area contributed by atoms with E-state index in [1.807, 2.05) is 0 Å². The van der Waals surface area contributed by atoms with Gasteiger partial charge in [0.15, 0.2) is 5.82 Å². The zero-order chi connectivity index (χ0) is 20.4. The molecule has 28 heavy (non-hydrogen) atoms. The van der Waals surface area contributed by atoms with Gasteiger partial charge in [0.25, 0.3) is 0 Å². The van der Waals surface area contributed by atoms with Crippen molar-refractivity contribution in [1.82, 2.24) is 30.1 Å². The second-order valence-electron chi connectivity index (χ2n) is 6.09. The first-order chi connectivity index (χ1) is 13.3. The smallest absolute Gasteiger partial charge is 0.348 e. The number of carbonyl (C=O) groups excluding carboxylic acids is 1. The summed E-state index contributed by atoms with van der Waals surface area (Å²) in [5.74, 6) is -1.56. The Hall–Kier alpha value is -3.14. The highest BCUT2D eigenvalue weighted by Gasteiger charge is 2.17. The fourth-order valence-corrected chi connectivity index (χ4v) is 2.67. The predicted molar refractivity (Wildman–Crippen MR) is 96.1 cm³/mol. The van der Waals surface area contributed by atoms with Crippen LogP contribution < -0.4 is 11.0 Å². The van der Waals surface area contributed by atoms with Crippen molar-refractivity contribution in [1.29, 1.82) is 0 Å². The van der Waals surface area contributed by atoms with Crippen LogP contribution in [0, 0.1) is 18.6 Å². The maximum Gasteiger partial charge on any atom is 0.370 e. The minimum atomic E-state index is -0.706. The number of hydrogen-bond acceptors (Lipinski definition) is 5. The monoisotopic (exact) mass is 408 g/mol. The van der Waals surface area contributed by atoms with Gasteiger partial charge in [-0.1, -0.05) is 17.7 Å². The lowest BCUT2D eigenvalue weighted by molar-refractivity contribution is -0.122. The molecule has 2 heterocycles. The number of pyridine rings is 1. The second-order valence-corrected chi connectivity index (χ2v) is 6.49. The normalized spacial score (nSPS) is 12.0. The fourth-order valence-electron chi connectivity index (χ4n) is 2.55. The zero-order valence-electron chi connectivity index (χ0n) is 14.9. The molecular weight excluding hydrogens is 394 g/mol. The van der Waals surface area contributed by atoms with Gasteiger partial charge in [-0.15, -0.1) is 4.68 Å². The molecule has 2 aromatic heterocycles. The summed E-state index contributed by atoms with van der Waals surface area (Å²) >= 11 is 5.64. The molecule has 0 aliphatic rings. The molecule has 1 atom stereocenters. The van der Waals surface area contributed by atoms with E-state index in [0.29, 0.717) is 11.1 Å². The van der Waals surface area contributed by atoms with Gasteiger partial charge < -0.3 is 5.32 Å². The average Bonchev–Trinajstić information content (AvgIpc) is 2.97. The molecule has 146 valence electrons. The van der Waals surface area contributed by atoms with E-state index in [0.717, 1.165) is 15.6 Å². The van der Waals surface area contributed by atoms with Crippen LogP contribution in [0.5, 0.6) is 0 Å². The van der Waals surface area contributed by atoms with Crippen molar-refractivity contribution >= 4 is 17.5 Å². The van der Waals surface area contributed by atoms with Gasteiger partial charge in [0.1, 0.15) is 18.2 Å². The van der Waals surface area contributed by atoms with Crippen LogP contribution in [0.3, 0.4) is 0 Å². The molecule has 1 aromatic carbocycles. The first-order valence-electron chi connectivity index (χ1n) is 8.16. The molecule has 3 aromatic rings. The maximum absolute atomic E-state index is 13.6. The summed E-state index contributed by atoms with van der Waals surface area (Å²) in [7, 11) is 0. The molecule has 11 heteroatoms. The number of aryl methyl sites for hydroxylation is 1. The summed E-state index contributed by atoms with van der Waals surface area (Å²) in [6, 6.07) is 4.88. The van der Waals surface area contributed by atoms with E-state index in [4.69, 9.17) is 11.6 Å². The molecule has 0 fully saturated rings. The lowest BCUT2D eigenvalue weighted by atomic mass is 10.1. The van der Waals surface area contributed by atoms with Crippen molar-refractivity contribution in [3.05, 3.63) is 68.7 Å². The van der Waals surface area contributed by atoms with Crippen LogP contribution >= 0.6 is 11.6 Å². The number of carbonyl (C=O) groups is 1. The van der Waals surface area contributed by atoms with Crippen molar-refractivity contribution in [2.45, 2.75) is 26.4 Å². The van der Waals surface area contributed by atoms with Crippen molar-refractivity contribution in [3.8, 4) is 5.82 Å². The Balaban J connectivity index is 1.73. The Morgan fingerprint density at radius 2 is 2.04 bits per heavy atom. The van der Waals surface area contributed by atoms with Crippen molar-refractivity contribution in [2.75, 3.05) is 0 Å². The number of nitrogens with one attached hydrogen (secondary N) is 1. The van der Waals surface area contributed by atoms with Gasteiger partial charge in [0.05, 0.1) is 17.3 Å². The molecule has 8 nitrogen and oxygen atoms in total. The van der Waals surface area contributed by atoms with Gasteiger partial charge >= 0.3 is 5.69 Å². The van der Waals surface area contributed by atoms with Crippen LogP contribution in [0.4, 0.5) is 8.78 Å². The Kier molecular flexibility index (Phi) is 5.50. The number of benzene rings is 1. The standard InChI is InChI=1S/C17H15ClF2N6O2/c1-9-5-12(19)7-21-16(9)26-17(28)25(23-24-26)8-15(27)22-10(2)11-3-4-13(18)14(20)6-11/h3-7,10H,8H2,1-2H3,(H,22,27)/t10-/m0/s1. The van der Waals surface area contributed by atoms with Crippen LogP contribution in [0.1, 0.15) is 24.1 Å². The third kappa shape index (κ3) is 4.06. The number of nitrogens with zero attached hydrogens (tertiary/aromatic N) is 5. The van der Waals surface area contributed by atoms with Crippen molar-refractivity contribution < 1.29 is 13.6 Å². The largest absolute Gasteiger partial charge is 0.370 e. The van der Waals surface area contributed by atoms with E-state index >= 15 is 0 Å². The van der Waals surface area contributed by atoms with Crippen LogP contribution in [0.25, 0.3) is 5.82 Å². The summed E-state index contributed by atoms with van der Waals surface area (Å²) < 4.78 is 28.4. The second kappa shape index (κ2) is 7.85. The molecule has 0 spiro atoms. The number of halogens is 3. The first-order valence-corrected chi connectivity index (χ1v) is 8.53. The molecule has 1 N–H and O–H groups in total. The molecule has 0 saturated carbocycles. The zero-order valence-corrected chi connectivity index (χ0v) is 15.6. The molecule has 0 radical (unpaired) electrons. The molecule has 0 aliphatic heterocycles. The van der Waals surface area contributed by atoms with Gasteiger partial charge in [-0.2, -0.15) is 4.68 Å². The van der Waals surface area contributed by atoms with Crippen LogP contribution in [0.2, 0.25) is 5.02 Å². The van der Waals surface area contributed by atoms with Crippen LogP contribution in [-0.2, 0) is 11.3 Å². The highest BCUT2D eigenvalue weighted by atomic mass is 35.5. The van der Waals surface area contributed by atoms with E-state index in [9.17, 15) is 18.4 Å². The summed E-state index contributed by atoms with van der Waals surface area (Å²) in [5.41, 5.74) is 0.192. The molecule has 0 aliphatic carbocycles. The Morgan fingerprint density at radius 1 is 1.29 bits per heavy atom. The topological polar surface area (TPSA) is 94.7 Å². The van der Waals surface area contributed by atoms with E-state index in [2.05, 4.69) is 20.7 Å². The lowest BCUT2D eigenvalue weighted by Gasteiger charge is -2.14. The van der Waals surface area contributed by atoms with Crippen molar-refractivity contribution in [2.24, 2.45) is 0 Å². The Morgan fingerprint density at radius 3 is 2.71 bits per heavy atom. The summed E-state index contributed by atoms with van der Waals surface area (Å²) in [6.07, 6.45) is 0.952. The molecule has 0 unspecified atom stereocenters. The molecule has 3 rings (SSSR count). The van der Waals surface area contributed by atoms with E-state index in [-0.39, 0.29) is 10.8 Å². The van der Waals surface area contributed by atoms with Gasteiger partial charge in [0, 0.05) is 0 Å². The summed E-state index contributed by atoms with van der Waals surface area (Å²) in [5, 5.41) is 9.94. The molecule has 1 amide bonds. The van der Waals surface area contributed by atoms with Crippen LogP contribution in [-0.4, -0.2) is 30.7 Å². The number of rotatable bonds is 5. The van der Waals surface area contributed by atoms with Gasteiger partial charge in [-0.3, -0.25) is 4.79 Å². The lowest BCUT2D eigenvalue weighted by Crippen LogP contribution is -2.35. The molecular formula is C17H15ClF2N6O2. The van der Waals surface area contributed by atoms with Crippen molar-refractivity contribution in [3.63, 3.8) is 0 Å². The van der Waals surface area contributed by atoms with Gasteiger partial charge in [0.2, 0.25) is 5.91 Å². The number of tetrazole rings is 1. The van der Waals surface area contributed by atoms with E-state index < -0.39 is 35.8 Å². The Bertz CT molecular complexity index is 1100. The highest BCUT2D eigenvalue weighted by Crippen LogP contribution is 2.20. The van der Waals surface area contributed by atoms with Crippen LogP contribution in [0.15, 0.2) is 35.3 Å². The fraction of sp³-hybridized carbons (Fsp3) is 0.235. The highest BCUT2D eigenvalue weighted by molar-refractivity contribution is 6.30. The minimum absolute atomic E-state index is 0.0184. The molecule has 0 bridgehead atoms.